The van der Waals surface area contributed by atoms with E-state index >= 15 is 0 Å². The van der Waals surface area contributed by atoms with E-state index < -0.39 is 0 Å². The molecule has 2 unspecified atom stereocenters. The van der Waals surface area contributed by atoms with E-state index in [1.807, 2.05) is 30.3 Å². The van der Waals surface area contributed by atoms with Gasteiger partial charge in [0.1, 0.15) is 11.9 Å². The largest absolute Gasteiger partial charge is 0.375 e. The lowest BCUT2D eigenvalue weighted by Gasteiger charge is -2.28. The Labute approximate surface area is 126 Å². The highest BCUT2D eigenvalue weighted by molar-refractivity contribution is 5.30. The Hall–Kier alpha value is -1.71. The van der Waals surface area contributed by atoms with Crippen LogP contribution in [0.1, 0.15) is 35.8 Å². The fourth-order valence-corrected chi connectivity index (χ4v) is 2.59. The van der Waals surface area contributed by atoms with Crippen LogP contribution in [-0.2, 0) is 4.74 Å². The van der Waals surface area contributed by atoms with E-state index in [1.54, 1.807) is 14.0 Å². The second-order valence-corrected chi connectivity index (χ2v) is 5.11. The maximum Gasteiger partial charge on any atom is 0.126 e. The van der Waals surface area contributed by atoms with Crippen molar-refractivity contribution in [2.75, 3.05) is 13.7 Å². The maximum absolute atomic E-state index is 13.5. The molecule has 2 rings (SSSR count). The average molecular weight is 287 g/mol. The monoisotopic (exact) mass is 287 g/mol. The molecule has 1 N–H and O–H groups in total. The van der Waals surface area contributed by atoms with Crippen LogP contribution in [0.4, 0.5) is 4.39 Å². The second-order valence-electron chi connectivity index (χ2n) is 5.11. The molecule has 0 aliphatic rings. The molecule has 21 heavy (non-hydrogen) atoms. The minimum atomic E-state index is -0.178. The van der Waals surface area contributed by atoms with Crippen LogP contribution in [0.3, 0.4) is 0 Å². The summed E-state index contributed by atoms with van der Waals surface area (Å²) in [4.78, 5) is 0. The highest BCUT2D eigenvalue weighted by Gasteiger charge is 2.24. The first-order valence-corrected chi connectivity index (χ1v) is 7.24. The van der Waals surface area contributed by atoms with Crippen molar-refractivity contribution in [2.24, 2.45) is 0 Å². The van der Waals surface area contributed by atoms with Gasteiger partial charge in [-0.1, -0.05) is 49.4 Å². The average Bonchev–Trinajstić information content (AvgIpc) is 2.51. The topological polar surface area (TPSA) is 21.3 Å². The lowest BCUT2D eigenvalue weighted by molar-refractivity contribution is 0.0681. The number of methoxy groups -OCH3 is 1. The minimum absolute atomic E-state index is 0.0123. The number of aryl methyl sites for hydroxylation is 1. The van der Waals surface area contributed by atoms with Crippen LogP contribution in [0.25, 0.3) is 0 Å². The molecular weight excluding hydrogens is 265 g/mol. The third-order valence-electron chi connectivity index (χ3n) is 3.65. The summed E-state index contributed by atoms with van der Waals surface area (Å²) in [6.45, 7) is 4.65. The summed E-state index contributed by atoms with van der Waals surface area (Å²) >= 11 is 0. The predicted octanol–water partition coefficient (Wildman–Crippen LogP) is 4.17. The van der Waals surface area contributed by atoms with Gasteiger partial charge in [0.25, 0.3) is 0 Å². The highest BCUT2D eigenvalue weighted by Crippen LogP contribution is 2.32. The molecule has 2 aromatic rings. The third-order valence-corrected chi connectivity index (χ3v) is 3.65. The molecule has 3 heteroatoms. The number of nitrogens with one attached hydrogen (secondary N) is 1. The molecule has 112 valence electrons. The van der Waals surface area contributed by atoms with Gasteiger partial charge in [0.05, 0.1) is 6.04 Å². The number of ether oxygens (including phenoxy) is 1. The van der Waals surface area contributed by atoms with Gasteiger partial charge in [-0.05, 0) is 36.2 Å². The van der Waals surface area contributed by atoms with Gasteiger partial charge >= 0.3 is 0 Å². The summed E-state index contributed by atoms with van der Waals surface area (Å²) in [5, 5.41) is 3.45. The smallest absolute Gasteiger partial charge is 0.126 e. The first kappa shape index (κ1) is 15.7. The summed E-state index contributed by atoms with van der Waals surface area (Å²) in [6.07, 6.45) is -0.115. The van der Waals surface area contributed by atoms with E-state index in [4.69, 9.17) is 4.74 Å². The number of hydrogen-bond donors (Lipinski definition) is 1. The van der Waals surface area contributed by atoms with E-state index in [0.717, 1.165) is 17.7 Å². The molecular formula is C18H22FNO. The molecule has 0 aliphatic carbocycles. The fraction of sp³-hybridized carbons (Fsp3) is 0.333. The SMILES string of the molecule is CCNC(c1ccc(F)c(C)c1)C(OC)c1ccccc1. The molecule has 0 bridgehead atoms. The van der Waals surface area contributed by atoms with E-state index in [1.165, 1.54) is 6.07 Å². The zero-order valence-electron chi connectivity index (χ0n) is 12.8. The summed E-state index contributed by atoms with van der Waals surface area (Å²) in [5.41, 5.74) is 2.79. The van der Waals surface area contributed by atoms with Crippen molar-refractivity contribution in [3.05, 3.63) is 71.0 Å². The van der Waals surface area contributed by atoms with Gasteiger partial charge in [-0.25, -0.2) is 4.39 Å². The quantitative estimate of drug-likeness (QED) is 0.861. The summed E-state index contributed by atoms with van der Waals surface area (Å²) in [6, 6.07) is 15.3. The lowest BCUT2D eigenvalue weighted by Crippen LogP contribution is -2.28. The van der Waals surface area contributed by atoms with E-state index in [2.05, 4.69) is 24.4 Å². The van der Waals surface area contributed by atoms with Crippen LogP contribution >= 0.6 is 0 Å². The molecule has 2 aromatic carbocycles. The van der Waals surface area contributed by atoms with E-state index in [0.29, 0.717) is 5.56 Å². The van der Waals surface area contributed by atoms with Crippen molar-refractivity contribution in [2.45, 2.75) is 26.0 Å². The predicted molar refractivity (Wildman–Crippen MR) is 83.7 cm³/mol. The standard InChI is InChI=1S/C18H22FNO/c1-4-20-17(15-10-11-16(19)13(2)12-15)18(21-3)14-8-6-5-7-9-14/h5-12,17-18,20H,4H2,1-3H3. The first-order chi connectivity index (χ1) is 10.2. The van der Waals surface area contributed by atoms with Gasteiger partial charge in [0.2, 0.25) is 0 Å². The van der Waals surface area contributed by atoms with E-state index in [9.17, 15) is 4.39 Å². The second kappa shape index (κ2) is 7.34. The number of hydrogen-bond acceptors (Lipinski definition) is 2. The Bertz CT molecular complexity index is 571. The summed E-state index contributed by atoms with van der Waals surface area (Å²) < 4.78 is 19.2. The van der Waals surface area contributed by atoms with Gasteiger partial charge in [-0.15, -0.1) is 0 Å². The Morgan fingerprint density at radius 3 is 2.38 bits per heavy atom. The molecule has 0 aliphatic heterocycles. The van der Waals surface area contributed by atoms with Gasteiger partial charge in [-0.3, -0.25) is 0 Å². The van der Waals surface area contributed by atoms with Gasteiger partial charge < -0.3 is 10.1 Å². The van der Waals surface area contributed by atoms with Gasteiger partial charge in [-0.2, -0.15) is 0 Å². The number of halogens is 1. The number of likely N-dealkylation sites (N-methyl/N-ethyl adjacent to an activating group) is 1. The normalized spacial score (nSPS) is 13.9. The van der Waals surface area contributed by atoms with Crippen LogP contribution in [0.2, 0.25) is 0 Å². The molecule has 0 spiro atoms. The molecule has 0 saturated carbocycles. The molecule has 0 aromatic heterocycles. The van der Waals surface area contributed by atoms with Gasteiger partial charge in [0.15, 0.2) is 0 Å². The Balaban J connectivity index is 2.38. The fourth-order valence-electron chi connectivity index (χ4n) is 2.59. The van der Waals surface area contributed by atoms with Crippen LogP contribution in [0.15, 0.2) is 48.5 Å². The molecule has 0 radical (unpaired) electrons. The Morgan fingerprint density at radius 1 is 1.10 bits per heavy atom. The molecule has 0 fully saturated rings. The molecule has 2 nitrogen and oxygen atoms in total. The van der Waals surface area contributed by atoms with Crippen LogP contribution in [0, 0.1) is 12.7 Å². The van der Waals surface area contributed by atoms with Gasteiger partial charge in [0, 0.05) is 7.11 Å². The molecule has 2 atom stereocenters. The Kier molecular flexibility index (Phi) is 5.48. The lowest BCUT2D eigenvalue weighted by atomic mass is 9.94. The zero-order valence-corrected chi connectivity index (χ0v) is 12.8. The maximum atomic E-state index is 13.5. The van der Waals surface area contributed by atoms with Crippen LogP contribution < -0.4 is 5.32 Å². The first-order valence-electron chi connectivity index (χ1n) is 7.24. The molecule has 0 amide bonds. The molecule has 0 saturated heterocycles. The van der Waals surface area contributed by atoms with Crippen molar-refractivity contribution in [3.8, 4) is 0 Å². The van der Waals surface area contributed by atoms with E-state index in [-0.39, 0.29) is 18.0 Å². The third kappa shape index (κ3) is 3.69. The number of rotatable bonds is 6. The van der Waals surface area contributed by atoms with Crippen LogP contribution in [0.5, 0.6) is 0 Å². The Morgan fingerprint density at radius 2 is 1.81 bits per heavy atom. The number of benzene rings is 2. The van der Waals surface area contributed by atoms with Crippen LogP contribution in [-0.4, -0.2) is 13.7 Å². The summed E-state index contributed by atoms with van der Waals surface area (Å²) in [7, 11) is 1.71. The van der Waals surface area contributed by atoms with Crippen molar-refractivity contribution >= 4 is 0 Å². The molecule has 0 heterocycles. The zero-order chi connectivity index (χ0) is 15.2. The van der Waals surface area contributed by atoms with Crippen molar-refractivity contribution in [3.63, 3.8) is 0 Å². The van der Waals surface area contributed by atoms with Crippen molar-refractivity contribution in [1.82, 2.24) is 5.32 Å². The highest BCUT2D eigenvalue weighted by atomic mass is 19.1. The minimum Gasteiger partial charge on any atom is -0.375 e. The van der Waals surface area contributed by atoms with Crippen molar-refractivity contribution in [1.29, 1.82) is 0 Å². The van der Waals surface area contributed by atoms with Crippen molar-refractivity contribution < 1.29 is 9.13 Å². The summed E-state index contributed by atoms with van der Waals surface area (Å²) in [5.74, 6) is -0.178.